The summed E-state index contributed by atoms with van der Waals surface area (Å²) in [6.45, 7) is 2.00. The van der Waals surface area contributed by atoms with Gasteiger partial charge in [0.2, 0.25) is 0 Å². The first kappa shape index (κ1) is 13.0. The summed E-state index contributed by atoms with van der Waals surface area (Å²) in [7, 11) is -2.90. The van der Waals surface area contributed by atoms with E-state index in [0.29, 0.717) is 5.75 Å². The van der Waals surface area contributed by atoms with Crippen LogP contribution in [0.3, 0.4) is 0 Å². The fourth-order valence-corrected chi connectivity index (χ4v) is 2.63. The van der Waals surface area contributed by atoms with Crippen molar-refractivity contribution in [1.82, 2.24) is 0 Å². The number of unbranched alkanes of at least 4 members (excludes halogenated alkanes) is 1. The molecule has 2 nitrogen and oxygen atoms in total. The van der Waals surface area contributed by atoms with Crippen molar-refractivity contribution in [1.29, 1.82) is 0 Å². The molecule has 1 aromatic carbocycles. The largest absolute Gasteiger partial charge is 0.229 e. The Kier molecular flexibility index (Phi) is 5.26. The van der Waals surface area contributed by atoms with Gasteiger partial charge in [-0.15, -0.1) is 0 Å². The third kappa shape index (κ3) is 5.12. The van der Waals surface area contributed by atoms with E-state index in [1.54, 1.807) is 6.08 Å². The predicted octanol–water partition coefficient (Wildman–Crippen LogP) is 2.91. The van der Waals surface area contributed by atoms with Gasteiger partial charge in [0.25, 0.3) is 0 Å². The third-order valence-corrected chi connectivity index (χ3v) is 3.88. The quantitative estimate of drug-likeness (QED) is 0.763. The number of benzene rings is 1. The predicted molar refractivity (Wildman–Crippen MR) is 69.0 cm³/mol. The molecule has 0 fully saturated rings. The number of sulfone groups is 1. The van der Waals surface area contributed by atoms with Gasteiger partial charge < -0.3 is 0 Å². The molecular weight excluding hydrogens is 220 g/mol. The van der Waals surface area contributed by atoms with Crippen LogP contribution in [0.4, 0.5) is 0 Å². The molecule has 3 heteroatoms. The maximum Gasteiger partial charge on any atom is 0.153 e. The zero-order valence-corrected chi connectivity index (χ0v) is 10.4. The van der Waals surface area contributed by atoms with E-state index in [-0.39, 0.29) is 5.75 Å². The lowest BCUT2D eigenvalue weighted by molar-refractivity contribution is 0.595. The SMILES string of the molecule is CCCCS(=O)(=O)C/C=C/c1ccccc1. The highest BCUT2D eigenvalue weighted by Gasteiger charge is 2.06. The zero-order valence-electron chi connectivity index (χ0n) is 9.59. The monoisotopic (exact) mass is 238 g/mol. The first-order valence-electron chi connectivity index (χ1n) is 5.56. The second-order valence-electron chi connectivity index (χ2n) is 3.78. The van der Waals surface area contributed by atoms with Gasteiger partial charge in [0.1, 0.15) is 0 Å². The summed E-state index contributed by atoms with van der Waals surface area (Å²) in [6.07, 6.45) is 5.24. The van der Waals surface area contributed by atoms with Gasteiger partial charge in [-0.1, -0.05) is 55.8 Å². The molecule has 0 unspecified atom stereocenters. The Morgan fingerprint density at radius 1 is 1.19 bits per heavy atom. The Labute approximate surface area is 97.9 Å². The van der Waals surface area contributed by atoms with Crippen LogP contribution >= 0.6 is 0 Å². The van der Waals surface area contributed by atoms with Crippen LogP contribution in [0, 0.1) is 0 Å². The van der Waals surface area contributed by atoms with Crippen LogP contribution in [0.2, 0.25) is 0 Å². The Balaban J connectivity index is 2.48. The second-order valence-corrected chi connectivity index (χ2v) is 6.01. The van der Waals surface area contributed by atoms with Crippen LogP contribution in [-0.2, 0) is 9.84 Å². The maximum absolute atomic E-state index is 11.5. The summed E-state index contributed by atoms with van der Waals surface area (Å²) >= 11 is 0. The first-order valence-corrected chi connectivity index (χ1v) is 7.38. The summed E-state index contributed by atoms with van der Waals surface area (Å²) in [5, 5.41) is 0. The summed E-state index contributed by atoms with van der Waals surface area (Å²) in [6, 6.07) is 9.72. The van der Waals surface area contributed by atoms with E-state index in [9.17, 15) is 8.42 Å². The molecule has 0 radical (unpaired) electrons. The van der Waals surface area contributed by atoms with Crippen LogP contribution in [0.1, 0.15) is 25.3 Å². The molecule has 0 heterocycles. The fraction of sp³-hybridized carbons (Fsp3) is 0.385. The molecular formula is C13H18O2S. The first-order chi connectivity index (χ1) is 7.64. The highest BCUT2D eigenvalue weighted by Crippen LogP contribution is 2.03. The molecule has 0 spiro atoms. The molecule has 0 aliphatic carbocycles. The lowest BCUT2D eigenvalue weighted by Gasteiger charge is -1.98. The number of hydrogen-bond donors (Lipinski definition) is 0. The summed E-state index contributed by atoms with van der Waals surface area (Å²) < 4.78 is 23.1. The topological polar surface area (TPSA) is 34.1 Å². The third-order valence-electron chi connectivity index (χ3n) is 2.27. The van der Waals surface area contributed by atoms with Crippen LogP contribution in [-0.4, -0.2) is 19.9 Å². The molecule has 0 amide bonds. The molecule has 0 atom stereocenters. The Hall–Kier alpha value is -1.09. The van der Waals surface area contributed by atoms with Crippen molar-refractivity contribution in [2.24, 2.45) is 0 Å². The molecule has 0 saturated carbocycles. The van der Waals surface area contributed by atoms with Crippen LogP contribution < -0.4 is 0 Å². The lowest BCUT2D eigenvalue weighted by Crippen LogP contribution is -2.08. The minimum Gasteiger partial charge on any atom is -0.229 e. The minimum absolute atomic E-state index is 0.141. The summed E-state index contributed by atoms with van der Waals surface area (Å²) in [4.78, 5) is 0. The van der Waals surface area contributed by atoms with E-state index >= 15 is 0 Å². The van der Waals surface area contributed by atoms with E-state index in [0.717, 1.165) is 18.4 Å². The van der Waals surface area contributed by atoms with Gasteiger partial charge in [-0.3, -0.25) is 0 Å². The minimum atomic E-state index is -2.90. The van der Waals surface area contributed by atoms with Crippen molar-refractivity contribution in [3.8, 4) is 0 Å². The number of rotatable bonds is 6. The molecule has 0 aliphatic heterocycles. The average Bonchev–Trinajstić information content (AvgIpc) is 2.28. The van der Waals surface area contributed by atoms with Crippen LogP contribution in [0.5, 0.6) is 0 Å². The van der Waals surface area contributed by atoms with Crippen molar-refractivity contribution < 1.29 is 8.42 Å². The van der Waals surface area contributed by atoms with Crippen LogP contribution in [0.25, 0.3) is 6.08 Å². The van der Waals surface area contributed by atoms with Gasteiger partial charge in [-0.05, 0) is 12.0 Å². The van der Waals surface area contributed by atoms with Crippen molar-refractivity contribution >= 4 is 15.9 Å². The van der Waals surface area contributed by atoms with Gasteiger partial charge in [0.15, 0.2) is 9.84 Å². The van der Waals surface area contributed by atoms with Gasteiger partial charge in [-0.25, -0.2) is 8.42 Å². The Bertz CT molecular complexity index is 419. The van der Waals surface area contributed by atoms with Crippen molar-refractivity contribution in [2.75, 3.05) is 11.5 Å². The molecule has 1 rings (SSSR count). The molecule has 1 aromatic rings. The van der Waals surface area contributed by atoms with E-state index in [1.165, 1.54) is 0 Å². The van der Waals surface area contributed by atoms with Gasteiger partial charge >= 0.3 is 0 Å². The Morgan fingerprint density at radius 3 is 2.50 bits per heavy atom. The summed E-state index contributed by atoms with van der Waals surface area (Å²) in [5.74, 6) is 0.435. The van der Waals surface area contributed by atoms with Crippen LogP contribution in [0.15, 0.2) is 36.4 Å². The van der Waals surface area contributed by atoms with E-state index in [4.69, 9.17) is 0 Å². The van der Waals surface area contributed by atoms with E-state index in [2.05, 4.69) is 0 Å². The smallest absolute Gasteiger partial charge is 0.153 e. The van der Waals surface area contributed by atoms with Crippen molar-refractivity contribution in [3.05, 3.63) is 42.0 Å². The van der Waals surface area contributed by atoms with E-state index < -0.39 is 9.84 Å². The van der Waals surface area contributed by atoms with Crippen molar-refractivity contribution in [2.45, 2.75) is 19.8 Å². The maximum atomic E-state index is 11.5. The normalized spacial score (nSPS) is 12.1. The molecule has 0 aromatic heterocycles. The highest BCUT2D eigenvalue weighted by atomic mass is 32.2. The zero-order chi connectivity index (χ0) is 11.9. The lowest BCUT2D eigenvalue weighted by atomic mass is 10.2. The molecule has 0 aliphatic rings. The molecule has 0 bridgehead atoms. The van der Waals surface area contributed by atoms with Gasteiger partial charge in [-0.2, -0.15) is 0 Å². The second kappa shape index (κ2) is 6.48. The standard InChI is InChI=1S/C13H18O2S/c1-2-3-11-16(14,15)12-7-10-13-8-5-4-6-9-13/h4-10H,2-3,11-12H2,1H3/b10-7+. The molecule has 0 saturated heterocycles. The molecule has 0 N–H and O–H groups in total. The van der Waals surface area contributed by atoms with Crippen molar-refractivity contribution in [3.63, 3.8) is 0 Å². The summed E-state index contributed by atoms with van der Waals surface area (Å²) in [5.41, 5.74) is 1.04. The number of hydrogen-bond acceptors (Lipinski definition) is 2. The average molecular weight is 238 g/mol. The molecule has 16 heavy (non-hydrogen) atoms. The Morgan fingerprint density at radius 2 is 1.88 bits per heavy atom. The molecule has 88 valence electrons. The van der Waals surface area contributed by atoms with Gasteiger partial charge in [0, 0.05) is 0 Å². The highest BCUT2D eigenvalue weighted by molar-refractivity contribution is 7.91. The fourth-order valence-electron chi connectivity index (χ4n) is 1.34. The van der Waals surface area contributed by atoms with Gasteiger partial charge in [0.05, 0.1) is 11.5 Å². The van der Waals surface area contributed by atoms with E-state index in [1.807, 2.05) is 43.3 Å².